The number of rotatable bonds is 0. The first-order chi connectivity index (χ1) is 7.79. The van der Waals surface area contributed by atoms with E-state index < -0.39 is 0 Å². The van der Waals surface area contributed by atoms with Crippen LogP contribution in [0.2, 0.25) is 0 Å². The van der Waals surface area contributed by atoms with Crippen molar-refractivity contribution >= 4 is 0 Å². The van der Waals surface area contributed by atoms with E-state index in [0.717, 1.165) is 11.4 Å². The van der Waals surface area contributed by atoms with Crippen molar-refractivity contribution < 1.29 is 0 Å². The average Bonchev–Trinajstić information content (AvgIpc) is 2.34. The summed E-state index contributed by atoms with van der Waals surface area (Å²) in [4.78, 5) is 15.5. The summed E-state index contributed by atoms with van der Waals surface area (Å²) >= 11 is 0. The van der Waals surface area contributed by atoms with Crippen LogP contribution in [0.25, 0.3) is 0 Å². The van der Waals surface area contributed by atoms with Gasteiger partial charge in [-0.25, -0.2) is 0 Å². The Morgan fingerprint density at radius 3 is 1.19 bits per heavy atom. The lowest BCUT2D eigenvalue weighted by Crippen LogP contribution is -1.77. The van der Waals surface area contributed by atoms with Crippen molar-refractivity contribution in [3.05, 3.63) is 48.6 Å². The van der Waals surface area contributed by atoms with Gasteiger partial charge in [0.15, 0.2) is 0 Å². The largest absolute Gasteiger partial charge is 0.261 e. The minimum atomic E-state index is 0.961. The van der Waals surface area contributed by atoms with Gasteiger partial charge in [-0.2, -0.15) is 0 Å². The molecule has 0 aliphatic carbocycles. The van der Waals surface area contributed by atoms with Gasteiger partial charge in [-0.15, -0.1) is 0 Å². The molecular weight excluding hydrogens is 200 g/mol. The quantitative estimate of drug-likeness (QED) is 0.682. The highest BCUT2D eigenvalue weighted by Crippen LogP contribution is 1.81. The molecule has 16 heavy (non-hydrogen) atoms. The molecule has 2 rings (SSSR count). The van der Waals surface area contributed by atoms with Crippen LogP contribution in [0.4, 0.5) is 0 Å². The van der Waals surface area contributed by atoms with Gasteiger partial charge in [-0.05, 0) is 13.8 Å². The van der Waals surface area contributed by atoms with Gasteiger partial charge in [0.25, 0.3) is 0 Å². The zero-order chi connectivity index (χ0) is 12.2. The van der Waals surface area contributed by atoms with Crippen LogP contribution in [0, 0.1) is 13.8 Å². The van der Waals surface area contributed by atoms with E-state index in [4.69, 9.17) is 0 Å². The van der Waals surface area contributed by atoms with Crippen LogP contribution in [0.15, 0.2) is 37.2 Å². The van der Waals surface area contributed by atoms with E-state index in [-0.39, 0.29) is 0 Å². The normalized spacial score (nSPS) is 8.00. The lowest BCUT2D eigenvalue weighted by molar-refractivity contribution is 1.12. The van der Waals surface area contributed by atoms with E-state index in [1.54, 1.807) is 37.2 Å². The summed E-state index contributed by atoms with van der Waals surface area (Å²) < 4.78 is 0. The van der Waals surface area contributed by atoms with Gasteiger partial charge in [0.2, 0.25) is 0 Å². The summed E-state index contributed by atoms with van der Waals surface area (Å²) in [6, 6.07) is 0. The fourth-order valence-electron chi connectivity index (χ4n) is 0.747. The SMILES string of the molecule is CC.Cc1cnccn1.Cc1cnccn1. The Labute approximate surface area is 96.8 Å². The minimum absolute atomic E-state index is 0.961. The standard InChI is InChI=1S/2C5H6N2.C2H6/c2*1-5-4-6-2-3-7-5;1-2/h2*2-4H,1H3;1-2H3. The van der Waals surface area contributed by atoms with Crippen LogP contribution in [0.3, 0.4) is 0 Å². The lowest BCUT2D eigenvalue weighted by Gasteiger charge is -1.81. The van der Waals surface area contributed by atoms with Crippen molar-refractivity contribution in [1.82, 2.24) is 19.9 Å². The van der Waals surface area contributed by atoms with Crippen LogP contribution < -0.4 is 0 Å². The Kier molecular flexibility index (Phi) is 8.59. The Balaban J connectivity index is 0.000000244. The van der Waals surface area contributed by atoms with E-state index in [0.29, 0.717) is 0 Å². The van der Waals surface area contributed by atoms with Gasteiger partial charge in [0, 0.05) is 37.2 Å². The van der Waals surface area contributed by atoms with Crippen LogP contribution in [-0.4, -0.2) is 19.9 Å². The van der Waals surface area contributed by atoms with Gasteiger partial charge in [-0.3, -0.25) is 19.9 Å². The first-order valence-electron chi connectivity index (χ1n) is 5.24. The molecule has 0 saturated carbocycles. The fraction of sp³-hybridized carbons (Fsp3) is 0.333. The lowest BCUT2D eigenvalue weighted by atomic mass is 10.5. The summed E-state index contributed by atoms with van der Waals surface area (Å²) in [5.74, 6) is 0. The fourth-order valence-corrected chi connectivity index (χ4v) is 0.747. The van der Waals surface area contributed by atoms with Crippen molar-refractivity contribution in [2.75, 3.05) is 0 Å². The number of hydrogen-bond acceptors (Lipinski definition) is 4. The molecular formula is C12H18N4. The maximum Gasteiger partial charge on any atom is 0.0555 e. The first kappa shape index (κ1) is 14.2. The molecule has 86 valence electrons. The Morgan fingerprint density at radius 2 is 1.06 bits per heavy atom. The molecule has 0 saturated heterocycles. The van der Waals surface area contributed by atoms with E-state index in [9.17, 15) is 0 Å². The second-order valence-corrected chi connectivity index (χ2v) is 2.69. The van der Waals surface area contributed by atoms with Crippen LogP contribution in [0.5, 0.6) is 0 Å². The zero-order valence-electron chi connectivity index (χ0n) is 10.3. The molecule has 0 amide bonds. The molecule has 0 bridgehead atoms. The van der Waals surface area contributed by atoms with Crippen LogP contribution >= 0.6 is 0 Å². The minimum Gasteiger partial charge on any atom is -0.261 e. The first-order valence-corrected chi connectivity index (χ1v) is 5.24. The summed E-state index contributed by atoms with van der Waals surface area (Å²) in [5.41, 5.74) is 1.92. The van der Waals surface area contributed by atoms with E-state index in [2.05, 4.69) is 19.9 Å². The number of hydrogen-bond donors (Lipinski definition) is 0. The van der Waals surface area contributed by atoms with Crippen molar-refractivity contribution in [2.24, 2.45) is 0 Å². The highest BCUT2D eigenvalue weighted by Gasteiger charge is 1.75. The Hall–Kier alpha value is -1.84. The molecule has 0 aliphatic rings. The number of aryl methyl sites for hydroxylation is 2. The van der Waals surface area contributed by atoms with E-state index >= 15 is 0 Å². The molecule has 4 heteroatoms. The molecule has 0 aromatic carbocycles. The average molecular weight is 218 g/mol. The molecule has 0 fully saturated rings. The molecule has 0 aliphatic heterocycles. The number of aromatic nitrogens is 4. The summed E-state index contributed by atoms with van der Waals surface area (Å²) in [7, 11) is 0. The summed E-state index contributed by atoms with van der Waals surface area (Å²) in [6.07, 6.45) is 10.1. The third kappa shape index (κ3) is 7.55. The van der Waals surface area contributed by atoms with Crippen molar-refractivity contribution in [3.63, 3.8) is 0 Å². The maximum absolute atomic E-state index is 3.92. The van der Waals surface area contributed by atoms with Gasteiger partial charge < -0.3 is 0 Å². The van der Waals surface area contributed by atoms with Crippen LogP contribution in [-0.2, 0) is 0 Å². The zero-order valence-corrected chi connectivity index (χ0v) is 10.3. The molecule has 0 spiro atoms. The van der Waals surface area contributed by atoms with Gasteiger partial charge >= 0.3 is 0 Å². The van der Waals surface area contributed by atoms with Gasteiger partial charge in [0.05, 0.1) is 11.4 Å². The predicted molar refractivity (Wildman–Crippen MR) is 64.9 cm³/mol. The molecule has 4 nitrogen and oxygen atoms in total. The van der Waals surface area contributed by atoms with E-state index in [1.807, 2.05) is 27.7 Å². The molecule has 2 aromatic heterocycles. The predicted octanol–water partition coefficient (Wildman–Crippen LogP) is 2.60. The maximum atomic E-state index is 3.92. The second-order valence-electron chi connectivity index (χ2n) is 2.69. The Morgan fingerprint density at radius 1 is 0.688 bits per heavy atom. The molecule has 0 unspecified atom stereocenters. The van der Waals surface area contributed by atoms with Crippen molar-refractivity contribution in [1.29, 1.82) is 0 Å². The molecule has 0 radical (unpaired) electrons. The molecule has 2 heterocycles. The van der Waals surface area contributed by atoms with Crippen molar-refractivity contribution in [2.45, 2.75) is 27.7 Å². The highest BCUT2D eigenvalue weighted by molar-refractivity contribution is 4.89. The van der Waals surface area contributed by atoms with Gasteiger partial charge in [0.1, 0.15) is 0 Å². The highest BCUT2D eigenvalue weighted by atomic mass is 14.8. The van der Waals surface area contributed by atoms with E-state index in [1.165, 1.54) is 0 Å². The molecule has 2 aromatic rings. The third-order valence-electron chi connectivity index (χ3n) is 1.38. The summed E-state index contributed by atoms with van der Waals surface area (Å²) in [6.45, 7) is 7.82. The monoisotopic (exact) mass is 218 g/mol. The smallest absolute Gasteiger partial charge is 0.0555 e. The number of nitrogens with zero attached hydrogens (tertiary/aromatic N) is 4. The Bertz CT molecular complexity index is 310. The molecule has 0 atom stereocenters. The topological polar surface area (TPSA) is 51.6 Å². The summed E-state index contributed by atoms with van der Waals surface area (Å²) in [5, 5.41) is 0. The van der Waals surface area contributed by atoms with Crippen molar-refractivity contribution in [3.8, 4) is 0 Å². The van der Waals surface area contributed by atoms with Gasteiger partial charge in [-0.1, -0.05) is 13.8 Å². The molecule has 0 N–H and O–H groups in total. The third-order valence-corrected chi connectivity index (χ3v) is 1.38. The van der Waals surface area contributed by atoms with Crippen LogP contribution in [0.1, 0.15) is 25.2 Å². The second kappa shape index (κ2) is 9.71.